The molecule has 1 aliphatic rings. The zero-order valence-electron chi connectivity index (χ0n) is 20.4. The molecule has 0 radical (unpaired) electrons. The fourth-order valence-electron chi connectivity index (χ4n) is 4.56. The van der Waals surface area contributed by atoms with Gasteiger partial charge in [-0.25, -0.2) is 13.1 Å². The van der Waals surface area contributed by atoms with Crippen molar-refractivity contribution in [1.82, 2.24) is 9.29 Å². The summed E-state index contributed by atoms with van der Waals surface area (Å²) in [5.74, 6) is -0.384. The van der Waals surface area contributed by atoms with Gasteiger partial charge in [0.1, 0.15) is 10.6 Å². The minimum Gasteiger partial charge on any atom is -0.495 e. The highest BCUT2D eigenvalue weighted by Gasteiger charge is 2.32. The Hall–Kier alpha value is -3.98. The summed E-state index contributed by atoms with van der Waals surface area (Å²) < 4.78 is 47.1. The SMILES string of the molecule is COc1cc(C)ccc1S(=O)(=O)NC(=O)C(c1ccc2c(c1)OCO2)c1cn(C)c2cc(C)ccc12. The molecule has 0 saturated carbocycles. The van der Waals surface area contributed by atoms with Crippen LogP contribution in [0.1, 0.15) is 28.2 Å². The molecular formula is C27H26N2O6S. The lowest BCUT2D eigenvalue weighted by Gasteiger charge is -2.18. The normalized spacial score (nSPS) is 13.6. The molecule has 5 rings (SSSR count). The summed E-state index contributed by atoms with van der Waals surface area (Å²) in [7, 11) is -0.943. The van der Waals surface area contributed by atoms with Crippen LogP contribution in [-0.2, 0) is 21.9 Å². The largest absolute Gasteiger partial charge is 0.495 e. The van der Waals surface area contributed by atoms with Gasteiger partial charge in [0.2, 0.25) is 12.7 Å². The number of sulfonamides is 1. The van der Waals surface area contributed by atoms with Crippen molar-refractivity contribution in [2.45, 2.75) is 24.7 Å². The monoisotopic (exact) mass is 506 g/mol. The predicted octanol–water partition coefficient (Wildman–Crippen LogP) is 4.17. The van der Waals surface area contributed by atoms with Crippen LogP contribution < -0.4 is 18.9 Å². The lowest BCUT2D eigenvalue weighted by Crippen LogP contribution is -2.35. The Kier molecular flexibility index (Phi) is 5.88. The minimum absolute atomic E-state index is 0.0881. The molecule has 1 amide bonds. The maximum atomic E-state index is 13.8. The molecule has 36 heavy (non-hydrogen) atoms. The van der Waals surface area contributed by atoms with Gasteiger partial charge < -0.3 is 18.8 Å². The van der Waals surface area contributed by atoms with Gasteiger partial charge in [-0.15, -0.1) is 0 Å². The molecule has 2 heterocycles. The second-order valence-electron chi connectivity index (χ2n) is 8.89. The highest BCUT2D eigenvalue weighted by molar-refractivity contribution is 7.90. The number of amides is 1. The Morgan fingerprint density at radius 3 is 2.50 bits per heavy atom. The molecule has 0 fully saturated rings. The maximum absolute atomic E-state index is 13.8. The van der Waals surface area contributed by atoms with E-state index >= 15 is 0 Å². The zero-order valence-corrected chi connectivity index (χ0v) is 21.2. The molecule has 0 aliphatic carbocycles. The smallest absolute Gasteiger partial charge is 0.267 e. The second kappa shape index (κ2) is 8.91. The molecule has 0 spiro atoms. The number of aromatic nitrogens is 1. The van der Waals surface area contributed by atoms with Crippen molar-refractivity contribution in [3.63, 3.8) is 0 Å². The Bertz CT molecular complexity index is 1610. The lowest BCUT2D eigenvalue weighted by atomic mass is 9.90. The summed E-state index contributed by atoms with van der Waals surface area (Å²) in [6.07, 6.45) is 1.86. The molecule has 0 bridgehead atoms. The van der Waals surface area contributed by atoms with Gasteiger partial charge in [0.15, 0.2) is 11.5 Å². The number of hydrogen-bond acceptors (Lipinski definition) is 6. The van der Waals surface area contributed by atoms with E-state index in [1.54, 1.807) is 30.3 Å². The number of rotatable bonds is 6. The summed E-state index contributed by atoms with van der Waals surface area (Å²) in [4.78, 5) is 13.7. The quantitative estimate of drug-likeness (QED) is 0.422. The molecule has 4 aromatic rings. The Morgan fingerprint density at radius 1 is 1.00 bits per heavy atom. The molecule has 3 aromatic carbocycles. The van der Waals surface area contributed by atoms with Gasteiger partial charge in [0.05, 0.1) is 13.0 Å². The number of carbonyl (C=O) groups is 1. The van der Waals surface area contributed by atoms with Crippen LogP contribution in [0.2, 0.25) is 0 Å². The van der Waals surface area contributed by atoms with Gasteiger partial charge in [0.25, 0.3) is 10.0 Å². The first-order valence-electron chi connectivity index (χ1n) is 11.3. The van der Waals surface area contributed by atoms with E-state index in [0.717, 1.165) is 22.0 Å². The van der Waals surface area contributed by atoms with E-state index in [2.05, 4.69) is 4.72 Å². The third-order valence-corrected chi connectivity index (χ3v) is 7.71. The van der Waals surface area contributed by atoms with Crippen LogP contribution in [-0.4, -0.2) is 32.8 Å². The lowest BCUT2D eigenvalue weighted by molar-refractivity contribution is -0.119. The van der Waals surface area contributed by atoms with E-state index in [0.29, 0.717) is 22.6 Å². The van der Waals surface area contributed by atoms with E-state index in [-0.39, 0.29) is 17.4 Å². The van der Waals surface area contributed by atoms with E-state index in [9.17, 15) is 13.2 Å². The van der Waals surface area contributed by atoms with Crippen LogP contribution in [0.15, 0.2) is 65.7 Å². The number of aryl methyl sites for hydroxylation is 3. The van der Waals surface area contributed by atoms with Gasteiger partial charge in [-0.2, -0.15) is 0 Å². The topological polar surface area (TPSA) is 95.9 Å². The first kappa shape index (κ1) is 23.7. The highest BCUT2D eigenvalue weighted by Crippen LogP contribution is 2.39. The Balaban J connectivity index is 1.62. The molecular weight excluding hydrogens is 480 g/mol. The Morgan fingerprint density at radius 2 is 1.72 bits per heavy atom. The molecule has 1 atom stereocenters. The van der Waals surface area contributed by atoms with Crippen molar-refractivity contribution in [3.05, 3.63) is 83.0 Å². The van der Waals surface area contributed by atoms with Crippen molar-refractivity contribution in [2.24, 2.45) is 7.05 Å². The standard InChI is InChI=1S/C27H26N2O6S/c1-16-5-8-19-20(14-29(3)21(19)11-16)26(18-7-9-22-23(13-18)35-15-34-22)27(30)28-36(31,32)25-10-6-17(2)12-24(25)33-4/h5-14,26H,15H2,1-4H3,(H,28,30). The van der Waals surface area contributed by atoms with Crippen LogP contribution in [0.4, 0.5) is 0 Å². The van der Waals surface area contributed by atoms with E-state index < -0.39 is 21.8 Å². The predicted molar refractivity (Wildman–Crippen MR) is 135 cm³/mol. The van der Waals surface area contributed by atoms with Crippen LogP contribution >= 0.6 is 0 Å². The summed E-state index contributed by atoms with van der Waals surface area (Å²) in [6.45, 7) is 3.91. The van der Waals surface area contributed by atoms with E-state index in [1.807, 2.05) is 49.9 Å². The number of nitrogens with one attached hydrogen (secondary N) is 1. The minimum atomic E-state index is -4.23. The van der Waals surface area contributed by atoms with Crippen molar-refractivity contribution in [1.29, 1.82) is 0 Å². The summed E-state index contributed by atoms with van der Waals surface area (Å²) in [5.41, 5.74) is 4.10. The van der Waals surface area contributed by atoms with E-state index in [1.165, 1.54) is 13.2 Å². The average molecular weight is 507 g/mol. The molecule has 186 valence electrons. The van der Waals surface area contributed by atoms with Crippen molar-refractivity contribution in [3.8, 4) is 17.2 Å². The number of hydrogen-bond donors (Lipinski definition) is 1. The van der Waals surface area contributed by atoms with Crippen LogP contribution in [0.5, 0.6) is 17.2 Å². The fourth-order valence-corrected chi connectivity index (χ4v) is 5.71. The number of nitrogens with zero attached hydrogens (tertiary/aromatic N) is 1. The molecule has 0 saturated heterocycles. The first-order chi connectivity index (χ1) is 17.2. The van der Waals surface area contributed by atoms with Gasteiger partial charge in [-0.1, -0.05) is 24.3 Å². The summed E-state index contributed by atoms with van der Waals surface area (Å²) in [5, 5.41) is 0.853. The molecule has 9 heteroatoms. The number of carbonyl (C=O) groups excluding carboxylic acids is 1. The van der Waals surface area contributed by atoms with E-state index in [4.69, 9.17) is 14.2 Å². The molecule has 1 unspecified atom stereocenters. The van der Waals surface area contributed by atoms with Gasteiger partial charge in [0, 0.05) is 24.1 Å². The second-order valence-corrected chi connectivity index (χ2v) is 10.5. The number of benzene rings is 3. The number of fused-ring (bicyclic) bond motifs is 2. The van der Waals surface area contributed by atoms with Crippen LogP contribution in [0.25, 0.3) is 10.9 Å². The third-order valence-electron chi connectivity index (χ3n) is 6.32. The third kappa shape index (κ3) is 4.15. The molecule has 1 aromatic heterocycles. The molecule has 1 N–H and O–H groups in total. The number of ether oxygens (including phenoxy) is 3. The van der Waals surface area contributed by atoms with Gasteiger partial charge >= 0.3 is 0 Å². The van der Waals surface area contributed by atoms with Crippen LogP contribution in [0, 0.1) is 13.8 Å². The Labute approximate surface area is 209 Å². The zero-order chi connectivity index (χ0) is 25.6. The summed E-state index contributed by atoms with van der Waals surface area (Å²) >= 11 is 0. The highest BCUT2D eigenvalue weighted by atomic mass is 32.2. The van der Waals surface area contributed by atoms with Crippen molar-refractivity contribution >= 4 is 26.8 Å². The van der Waals surface area contributed by atoms with Crippen molar-refractivity contribution in [2.75, 3.05) is 13.9 Å². The molecule has 8 nitrogen and oxygen atoms in total. The van der Waals surface area contributed by atoms with Crippen molar-refractivity contribution < 1.29 is 27.4 Å². The van der Waals surface area contributed by atoms with Gasteiger partial charge in [-0.3, -0.25) is 4.79 Å². The first-order valence-corrected chi connectivity index (χ1v) is 12.8. The number of methoxy groups -OCH3 is 1. The summed E-state index contributed by atoms with van der Waals surface area (Å²) in [6, 6.07) is 15.8. The van der Waals surface area contributed by atoms with Crippen LogP contribution in [0.3, 0.4) is 0 Å². The average Bonchev–Trinajstić information content (AvgIpc) is 3.42. The fraction of sp³-hybridized carbons (Fsp3) is 0.222. The van der Waals surface area contributed by atoms with Gasteiger partial charge in [-0.05, 0) is 66.4 Å². The maximum Gasteiger partial charge on any atom is 0.267 e. The molecule has 1 aliphatic heterocycles.